The SMILES string of the molecule is N#Cc1ccc(C2CC(=O)CCN2C(=O)O)cc1. The maximum Gasteiger partial charge on any atom is 0.407 e. The number of amides is 1. The molecule has 1 aliphatic rings. The lowest BCUT2D eigenvalue weighted by molar-refractivity contribution is -0.122. The quantitative estimate of drug-likeness (QED) is 0.818. The molecule has 1 aromatic carbocycles. The zero-order valence-corrected chi connectivity index (χ0v) is 9.67. The Morgan fingerprint density at radius 1 is 1.39 bits per heavy atom. The fraction of sp³-hybridized carbons (Fsp3) is 0.308. The number of ketones is 1. The van der Waals surface area contributed by atoms with Gasteiger partial charge in [0.15, 0.2) is 0 Å². The van der Waals surface area contributed by atoms with Crippen molar-refractivity contribution in [2.75, 3.05) is 6.54 Å². The normalized spacial score (nSPS) is 19.4. The fourth-order valence-electron chi connectivity index (χ4n) is 2.14. The zero-order chi connectivity index (χ0) is 13.1. The van der Waals surface area contributed by atoms with Crippen LogP contribution in [0.25, 0.3) is 0 Å². The van der Waals surface area contributed by atoms with Crippen molar-refractivity contribution in [1.82, 2.24) is 4.90 Å². The molecule has 0 aromatic heterocycles. The van der Waals surface area contributed by atoms with Gasteiger partial charge in [-0.2, -0.15) is 5.26 Å². The van der Waals surface area contributed by atoms with Gasteiger partial charge in [0.25, 0.3) is 0 Å². The molecule has 1 aromatic rings. The van der Waals surface area contributed by atoms with Crippen LogP contribution in [0.2, 0.25) is 0 Å². The summed E-state index contributed by atoms with van der Waals surface area (Å²) in [4.78, 5) is 23.9. The highest BCUT2D eigenvalue weighted by atomic mass is 16.4. The average Bonchev–Trinajstić information content (AvgIpc) is 2.38. The van der Waals surface area contributed by atoms with Crippen molar-refractivity contribution in [1.29, 1.82) is 5.26 Å². The first kappa shape index (κ1) is 12.1. The summed E-state index contributed by atoms with van der Waals surface area (Å²) in [7, 11) is 0. The number of benzene rings is 1. The molecule has 0 spiro atoms. The molecule has 92 valence electrons. The number of rotatable bonds is 1. The Balaban J connectivity index is 2.29. The summed E-state index contributed by atoms with van der Waals surface area (Å²) >= 11 is 0. The second kappa shape index (κ2) is 4.88. The number of hydrogen-bond donors (Lipinski definition) is 1. The number of Topliss-reactive ketones (excluding diaryl/α,β-unsaturated/α-hetero) is 1. The molecule has 0 saturated carbocycles. The number of carbonyl (C=O) groups is 2. The molecule has 2 rings (SSSR count). The van der Waals surface area contributed by atoms with E-state index in [9.17, 15) is 9.59 Å². The van der Waals surface area contributed by atoms with Gasteiger partial charge in [-0.3, -0.25) is 4.79 Å². The van der Waals surface area contributed by atoms with E-state index in [0.29, 0.717) is 5.56 Å². The minimum atomic E-state index is -1.02. The molecule has 1 atom stereocenters. The molecule has 5 heteroatoms. The molecule has 1 unspecified atom stereocenters. The lowest BCUT2D eigenvalue weighted by atomic mass is 9.94. The van der Waals surface area contributed by atoms with Gasteiger partial charge in [0.1, 0.15) is 5.78 Å². The van der Waals surface area contributed by atoms with E-state index in [1.165, 1.54) is 4.90 Å². The monoisotopic (exact) mass is 244 g/mol. The Kier molecular flexibility index (Phi) is 3.28. The molecule has 5 nitrogen and oxygen atoms in total. The summed E-state index contributed by atoms with van der Waals surface area (Å²) in [5, 5.41) is 17.8. The first-order chi connectivity index (χ1) is 8.61. The van der Waals surface area contributed by atoms with Crippen LogP contribution in [0, 0.1) is 11.3 Å². The number of piperidine rings is 1. The maximum atomic E-state index is 11.5. The highest BCUT2D eigenvalue weighted by Crippen LogP contribution is 2.29. The second-order valence-corrected chi connectivity index (χ2v) is 4.22. The van der Waals surface area contributed by atoms with E-state index in [-0.39, 0.29) is 25.2 Å². The summed E-state index contributed by atoms with van der Waals surface area (Å²) in [6.45, 7) is 0.235. The Labute approximate surface area is 104 Å². The standard InChI is InChI=1S/C13H12N2O3/c14-8-9-1-3-10(4-2-9)12-7-11(16)5-6-15(12)13(17)18/h1-4,12H,5-7H2,(H,17,18). The average molecular weight is 244 g/mol. The number of nitrogens with zero attached hydrogens (tertiary/aromatic N) is 2. The summed E-state index contributed by atoms with van der Waals surface area (Å²) in [5.41, 5.74) is 1.27. The molecular weight excluding hydrogens is 232 g/mol. The van der Waals surface area contributed by atoms with Crippen LogP contribution in [0.15, 0.2) is 24.3 Å². The van der Waals surface area contributed by atoms with E-state index in [0.717, 1.165) is 5.56 Å². The minimum absolute atomic E-state index is 0.0712. The summed E-state index contributed by atoms with van der Waals surface area (Å²) in [6, 6.07) is 8.25. The van der Waals surface area contributed by atoms with E-state index in [1.54, 1.807) is 24.3 Å². The smallest absolute Gasteiger partial charge is 0.407 e. The molecule has 0 aliphatic carbocycles. The van der Waals surface area contributed by atoms with E-state index in [4.69, 9.17) is 10.4 Å². The van der Waals surface area contributed by atoms with Gasteiger partial charge in [-0.05, 0) is 17.7 Å². The van der Waals surface area contributed by atoms with Gasteiger partial charge in [-0.15, -0.1) is 0 Å². The van der Waals surface area contributed by atoms with Gasteiger partial charge in [0.05, 0.1) is 17.7 Å². The van der Waals surface area contributed by atoms with Gasteiger partial charge in [-0.25, -0.2) is 4.79 Å². The van der Waals surface area contributed by atoms with Crippen LogP contribution in [0.3, 0.4) is 0 Å². The van der Waals surface area contributed by atoms with Crippen molar-refractivity contribution in [3.05, 3.63) is 35.4 Å². The number of nitriles is 1. The molecule has 0 radical (unpaired) electrons. The van der Waals surface area contributed by atoms with Gasteiger partial charge >= 0.3 is 6.09 Å². The number of carbonyl (C=O) groups excluding carboxylic acids is 1. The van der Waals surface area contributed by atoms with E-state index in [2.05, 4.69) is 0 Å². The van der Waals surface area contributed by atoms with Crippen LogP contribution in [0.4, 0.5) is 4.79 Å². The second-order valence-electron chi connectivity index (χ2n) is 4.22. The molecule has 1 heterocycles. The Morgan fingerprint density at radius 3 is 2.61 bits per heavy atom. The molecule has 1 aliphatic heterocycles. The van der Waals surface area contributed by atoms with Gasteiger partial charge in [-0.1, -0.05) is 12.1 Å². The minimum Gasteiger partial charge on any atom is -0.465 e. The topological polar surface area (TPSA) is 81.4 Å². The molecule has 0 bridgehead atoms. The van der Waals surface area contributed by atoms with Crippen LogP contribution in [-0.2, 0) is 4.79 Å². The third-order valence-corrected chi connectivity index (χ3v) is 3.10. The lowest BCUT2D eigenvalue weighted by Gasteiger charge is -2.33. The van der Waals surface area contributed by atoms with Crippen LogP contribution < -0.4 is 0 Å². The summed E-state index contributed by atoms with van der Waals surface area (Å²) in [6.07, 6.45) is -0.533. The van der Waals surface area contributed by atoms with Crippen molar-refractivity contribution in [3.8, 4) is 6.07 Å². The largest absolute Gasteiger partial charge is 0.465 e. The third kappa shape index (κ3) is 2.33. The van der Waals surface area contributed by atoms with Crippen molar-refractivity contribution < 1.29 is 14.7 Å². The summed E-state index contributed by atoms with van der Waals surface area (Å²) < 4.78 is 0. The Bertz CT molecular complexity index is 516. The predicted octanol–water partition coefficient (Wildman–Crippen LogP) is 1.94. The molecule has 1 fully saturated rings. The molecule has 1 saturated heterocycles. The maximum absolute atomic E-state index is 11.5. The summed E-state index contributed by atoms with van der Waals surface area (Å²) in [5.74, 6) is 0.0712. The Morgan fingerprint density at radius 2 is 2.06 bits per heavy atom. The highest BCUT2D eigenvalue weighted by Gasteiger charge is 2.31. The van der Waals surface area contributed by atoms with Crippen LogP contribution >= 0.6 is 0 Å². The van der Waals surface area contributed by atoms with Gasteiger partial charge in [0, 0.05) is 19.4 Å². The zero-order valence-electron chi connectivity index (χ0n) is 9.67. The number of likely N-dealkylation sites (tertiary alicyclic amines) is 1. The van der Waals surface area contributed by atoms with Crippen LogP contribution in [0.1, 0.15) is 30.0 Å². The van der Waals surface area contributed by atoms with Crippen molar-refractivity contribution in [2.24, 2.45) is 0 Å². The molecular formula is C13H12N2O3. The number of carboxylic acid groups (broad SMARTS) is 1. The molecule has 1 N–H and O–H groups in total. The van der Waals surface area contributed by atoms with E-state index >= 15 is 0 Å². The van der Waals surface area contributed by atoms with Crippen molar-refractivity contribution in [3.63, 3.8) is 0 Å². The van der Waals surface area contributed by atoms with E-state index < -0.39 is 12.1 Å². The Hall–Kier alpha value is -2.35. The molecule has 18 heavy (non-hydrogen) atoms. The lowest BCUT2D eigenvalue weighted by Crippen LogP contribution is -2.40. The number of hydrogen-bond acceptors (Lipinski definition) is 3. The van der Waals surface area contributed by atoms with Crippen LogP contribution in [-0.4, -0.2) is 28.4 Å². The molecule has 1 amide bonds. The van der Waals surface area contributed by atoms with Gasteiger partial charge in [0.2, 0.25) is 0 Å². The third-order valence-electron chi connectivity index (χ3n) is 3.10. The predicted molar refractivity (Wildman–Crippen MR) is 62.9 cm³/mol. The van der Waals surface area contributed by atoms with Crippen molar-refractivity contribution in [2.45, 2.75) is 18.9 Å². The van der Waals surface area contributed by atoms with E-state index in [1.807, 2.05) is 6.07 Å². The fourth-order valence-corrected chi connectivity index (χ4v) is 2.14. The van der Waals surface area contributed by atoms with Crippen LogP contribution in [0.5, 0.6) is 0 Å². The highest BCUT2D eigenvalue weighted by molar-refractivity contribution is 5.82. The van der Waals surface area contributed by atoms with Gasteiger partial charge < -0.3 is 10.0 Å². The first-order valence-electron chi connectivity index (χ1n) is 5.63. The van der Waals surface area contributed by atoms with Crippen molar-refractivity contribution >= 4 is 11.9 Å². The first-order valence-corrected chi connectivity index (χ1v) is 5.63.